The average molecular weight is 373 g/mol. The average Bonchev–Trinajstić information content (AvgIpc) is 2.76. The highest BCUT2D eigenvalue weighted by molar-refractivity contribution is 9.10. The number of thiazole rings is 1. The summed E-state index contributed by atoms with van der Waals surface area (Å²) in [6, 6.07) is 4.66. The maximum Gasteiger partial charge on any atom is 0.443 e. The van der Waals surface area contributed by atoms with Crippen LogP contribution in [0.1, 0.15) is 21.6 Å². The van der Waals surface area contributed by atoms with Gasteiger partial charge in [-0.2, -0.15) is 13.2 Å². The van der Waals surface area contributed by atoms with E-state index in [0.29, 0.717) is 26.4 Å². The van der Waals surface area contributed by atoms with Crippen molar-refractivity contribution in [2.75, 3.05) is 0 Å². The monoisotopic (exact) mass is 371 g/mol. The quantitative estimate of drug-likeness (QED) is 0.832. The van der Waals surface area contributed by atoms with E-state index in [9.17, 15) is 18.3 Å². The van der Waals surface area contributed by atoms with Crippen molar-refractivity contribution in [1.82, 2.24) is 4.98 Å². The van der Waals surface area contributed by atoms with Crippen molar-refractivity contribution in [3.63, 3.8) is 0 Å². The summed E-state index contributed by atoms with van der Waals surface area (Å²) < 4.78 is 37.8. The van der Waals surface area contributed by atoms with Gasteiger partial charge in [0.25, 0.3) is 0 Å². The summed E-state index contributed by atoms with van der Waals surface area (Å²) in [6.07, 6.45) is -4.65. The lowest BCUT2D eigenvalue weighted by molar-refractivity contribution is -0.137. The Kier molecular flexibility index (Phi) is 4.20. The second kappa shape index (κ2) is 5.40. The SMILES string of the molecule is OC(c1cnc(C(F)(F)F)s1)c1ccc(Cl)cc1Br. The van der Waals surface area contributed by atoms with Crippen LogP contribution in [0.25, 0.3) is 0 Å². The minimum atomic E-state index is -4.50. The first-order valence-electron chi connectivity index (χ1n) is 4.95. The van der Waals surface area contributed by atoms with Gasteiger partial charge >= 0.3 is 6.18 Å². The molecule has 0 aliphatic rings. The Balaban J connectivity index is 2.34. The van der Waals surface area contributed by atoms with Crippen molar-refractivity contribution in [3.05, 3.63) is 49.3 Å². The number of hydrogen-bond donors (Lipinski definition) is 1. The second-order valence-corrected chi connectivity index (χ2v) is 5.99. The van der Waals surface area contributed by atoms with E-state index in [1.54, 1.807) is 18.2 Å². The van der Waals surface area contributed by atoms with Gasteiger partial charge in [-0.1, -0.05) is 33.6 Å². The van der Waals surface area contributed by atoms with Crippen molar-refractivity contribution >= 4 is 38.9 Å². The number of rotatable bonds is 2. The molecule has 19 heavy (non-hydrogen) atoms. The summed E-state index contributed by atoms with van der Waals surface area (Å²) in [6.45, 7) is 0. The topological polar surface area (TPSA) is 33.1 Å². The largest absolute Gasteiger partial charge is 0.443 e. The zero-order chi connectivity index (χ0) is 14.2. The van der Waals surface area contributed by atoms with E-state index >= 15 is 0 Å². The van der Waals surface area contributed by atoms with E-state index in [1.165, 1.54) is 0 Å². The molecule has 1 heterocycles. The number of halogens is 5. The van der Waals surface area contributed by atoms with Gasteiger partial charge in [0.05, 0.1) is 4.88 Å². The Labute approximate surface area is 124 Å². The molecule has 8 heteroatoms. The summed E-state index contributed by atoms with van der Waals surface area (Å²) in [7, 11) is 0. The van der Waals surface area contributed by atoms with Crippen LogP contribution >= 0.6 is 38.9 Å². The molecule has 0 saturated heterocycles. The Hall–Kier alpha value is -0.630. The third-order valence-electron chi connectivity index (χ3n) is 2.29. The molecular weight excluding hydrogens is 367 g/mol. The summed E-state index contributed by atoms with van der Waals surface area (Å²) in [5.74, 6) is 0. The van der Waals surface area contributed by atoms with Crippen LogP contribution in [-0.2, 0) is 6.18 Å². The highest BCUT2D eigenvalue weighted by Crippen LogP contribution is 2.37. The number of aliphatic hydroxyl groups excluding tert-OH is 1. The first-order valence-corrected chi connectivity index (χ1v) is 6.93. The van der Waals surface area contributed by atoms with Crippen molar-refractivity contribution in [3.8, 4) is 0 Å². The molecule has 0 amide bonds. The second-order valence-electron chi connectivity index (χ2n) is 3.63. The maximum absolute atomic E-state index is 12.4. The lowest BCUT2D eigenvalue weighted by atomic mass is 10.1. The fraction of sp³-hybridized carbons (Fsp3) is 0.182. The van der Waals surface area contributed by atoms with Gasteiger partial charge in [0.15, 0.2) is 5.01 Å². The molecule has 2 aromatic rings. The lowest BCUT2D eigenvalue weighted by Gasteiger charge is -2.10. The van der Waals surface area contributed by atoms with Crippen LogP contribution in [0.15, 0.2) is 28.9 Å². The number of aliphatic hydroxyl groups is 1. The van der Waals surface area contributed by atoms with Crippen LogP contribution < -0.4 is 0 Å². The highest BCUT2D eigenvalue weighted by Gasteiger charge is 2.35. The predicted octanol–water partition coefficient (Wildman–Crippen LogP) is 4.66. The summed E-state index contributed by atoms with van der Waals surface area (Å²) in [4.78, 5) is 3.39. The Morgan fingerprint density at radius 1 is 1.37 bits per heavy atom. The fourth-order valence-corrected chi connectivity index (χ4v) is 3.11. The number of alkyl halides is 3. The van der Waals surface area contributed by atoms with Crippen LogP contribution in [-0.4, -0.2) is 10.1 Å². The Morgan fingerprint density at radius 2 is 2.05 bits per heavy atom. The molecule has 1 aromatic carbocycles. The third kappa shape index (κ3) is 3.28. The molecule has 1 N–H and O–H groups in total. The van der Waals surface area contributed by atoms with E-state index in [4.69, 9.17) is 11.6 Å². The van der Waals surface area contributed by atoms with Gasteiger partial charge in [-0.05, 0) is 12.1 Å². The van der Waals surface area contributed by atoms with Crippen LogP contribution in [0.4, 0.5) is 13.2 Å². The van der Waals surface area contributed by atoms with Gasteiger partial charge in [-0.25, -0.2) is 4.98 Å². The van der Waals surface area contributed by atoms with E-state index in [-0.39, 0.29) is 4.88 Å². The summed E-state index contributed by atoms with van der Waals surface area (Å²) >= 11 is 9.39. The van der Waals surface area contributed by atoms with Crippen LogP contribution in [0.2, 0.25) is 5.02 Å². The molecule has 102 valence electrons. The number of aromatic nitrogens is 1. The Morgan fingerprint density at radius 3 is 2.58 bits per heavy atom. The van der Waals surface area contributed by atoms with E-state index in [1.807, 2.05) is 0 Å². The Bertz CT molecular complexity index is 602. The van der Waals surface area contributed by atoms with Gasteiger partial charge in [0.1, 0.15) is 6.10 Å². The number of benzene rings is 1. The van der Waals surface area contributed by atoms with Gasteiger partial charge in [0, 0.05) is 21.3 Å². The molecule has 0 spiro atoms. The molecule has 2 nitrogen and oxygen atoms in total. The first-order chi connectivity index (χ1) is 8.79. The van der Waals surface area contributed by atoms with Gasteiger partial charge in [-0.15, -0.1) is 11.3 Å². The predicted molar refractivity (Wildman–Crippen MR) is 70.3 cm³/mol. The minimum Gasteiger partial charge on any atom is -0.383 e. The molecule has 1 atom stereocenters. The molecule has 2 rings (SSSR count). The number of hydrogen-bond acceptors (Lipinski definition) is 3. The molecule has 1 aromatic heterocycles. The fourth-order valence-electron chi connectivity index (χ4n) is 1.42. The highest BCUT2D eigenvalue weighted by atomic mass is 79.9. The number of nitrogens with zero attached hydrogens (tertiary/aromatic N) is 1. The third-order valence-corrected chi connectivity index (χ3v) is 4.31. The zero-order valence-electron chi connectivity index (χ0n) is 9.08. The van der Waals surface area contributed by atoms with E-state index < -0.39 is 17.3 Å². The first kappa shape index (κ1) is 14.8. The van der Waals surface area contributed by atoms with E-state index in [2.05, 4.69) is 20.9 Å². The normalized spacial score (nSPS) is 13.6. The molecule has 1 unspecified atom stereocenters. The molecule has 0 aliphatic carbocycles. The van der Waals surface area contributed by atoms with Crippen molar-refractivity contribution < 1.29 is 18.3 Å². The van der Waals surface area contributed by atoms with Crippen molar-refractivity contribution in [2.45, 2.75) is 12.3 Å². The zero-order valence-corrected chi connectivity index (χ0v) is 12.2. The van der Waals surface area contributed by atoms with E-state index in [0.717, 1.165) is 6.20 Å². The van der Waals surface area contributed by atoms with Crippen molar-refractivity contribution in [2.24, 2.45) is 0 Å². The van der Waals surface area contributed by atoms with Gasteiger partial charge in [0.2, 0.25) is 0 Å². The summed E-state index contributed by atoms with van der Waals surface area (Å²) in [5.41, 5.74) is 0.432. The molecule has 0 aliphatic heterocycles. The van der Waals surface area contributed by atoms with Crippen molar-refractivity contribution in [1.29, 1.82) is 0 Å². The van der Waals surface area contributed by atoms with Gasteiger partial charge < -0.3 is 5.11 Å². The maximum atomic E-state index is 12.4. The molecule has 0 fully saturated rings. The standard InChI is InChI=1S/C11H6BrClF3NOS/c12-7-3-5(13)1-2-6(7)9(18)8-4-17-10(19-8)11(14,15)16/h1-4,9,18H. The van der Waals surface area contributed by atoms with Crippen LogP contribution in [0.5, 0.6) is 0 Å². The molecule has 0 radical (unpaired) electrons. The smallest absolute Gasteiger partial charge is 0.383 e. The summed E-state index contributed by atoms with van der Waals surface area (Å²) in [5, 5.41) is 9.55. The molecule has 0 bridgehead atoms. The molecule has 0 saturated carbocycles. The lowest BCUT2D eigenvalue weighted by Crippen LogP contribution is -2.03. The van der Waals surface area contributed by atoms with Crippen LogP contribution in [0.3, 0.4) is 0 Å². The van der Waals surface area contributed by atoms with Crippen LogP contribution in [0, 0.1) is 0 Å². The molecular formula is C11H6BrClF3NOS. The minimum absolute atomic E-state index is 0.121. The van der Waals surface area contributed by atoms with Gasteiger partial charge in [-0.3, -0.25) is 0 Å².